The first-order chi connectivity index (χ1) is 9.25. The van der Waals surface area contributed by atoms with Gasteiger partial charge in [0.2, 0.25) is 11.8 Å². The quantitative estimate of drug-likeness (QED) is 0.254. The van der Waals surface area contributed by atoms with Gasteiger partial charge in [0, 0.05) is 25.7 Å². The summed E-state index contributed by atoms with van der Waals surface area (Å²) < 4.78 is 0. The minimum absolute atomic E-state index is 0. The van der Waals surface area contributed by atoms with Gasteiger partial charge >= 0.3 is 41.5 Å². The van der Waals surface area contributed by atoms with Crippen LogP contribution in [0.1, 0.15) is 52.8 Å². The molecular formula is C12H23N2NaO6. The summed E-state index contributed by atoms with van der Waals surface area (Å²) in [6, 6.07) is 0. The maximum atomic E-state index is 10.0. The van der Waals surface area contributed by atoms with Crippen molar-refractivity contribution in [3.8, 4) is 0 Å². The Hall–Kier alpha value is -1.12. The van der Waals surface area contributed by atoms with Crippen LogP contribution in [0.25, 0.3) is 0 Å². The molecule has 0 saturated carbocycles. The first-order valence-electron chi connectivity index (χ1n) is 6.26. The zero-order chi connectivity index (χ0) is 16.0. The molecule has 0 bridgehead atoms. The molecule has 9 heteroatoms. The minimum atomic E-state index is -0.784. The number of hydrogen-bond acceptors (Lipinski definition) is 4. The molecule has 0 aliphatic rings. The Kier molecular flexibility index (Phi) is 20.1. The molecule has 0 fully saturated rings. The number of rotatable bonds is 10. The molecule has 0 aromatic heterocycles. The van der Waals surface area contributed by atoms with Crippen molar-refractivity contribution in [2.45, 2.75) is 51.4 Å². The van der Waals surface area contributed by atoms with Crippen molar-refractivity contribution in [2.24, 2.45) is 11.5 Å². The van der Waals surface area contributed by atoms with Crippen LogP contribution in [0.2, 0.25) is 0 Å². The molecule has 118 valence electrons. The van der Waals surface area contributed by atoms with Crippen molar-refractivity contribution >= 4 is 23.8 Å². The summed E-state index contributed by atoms with van der Waals surface area (Å²) in [7, 11) is 0. The van der Waals surface area contributed by atoms with Crippen molar-refractivity contribution in [2.75, 3.05) is 0 Å². The fourth-order valence-electron chi connectivity index (χ4n) is 1.15. The normalized spacial score (nSPS) is 8.76. The van der Waals surface area contributed by atoms with Gasteiger partial charge in [-0.1, -0.05) is 12.8 Å². The molecule has 0 aromatic rings. The van der Waals surface area contributed by atoms with E-state index < -0.39 is 23.8 Å². The van der Waals surface area contributed by atoms with Crippen molar-refractivity contribution in [1.29, 1.82) is 0 Å². The third-order valence-corrected chi connectivity index (χ3v) is 2.15. The van der Waals surface area contributed by atoms with Crippen LogP contribution in [0.3, 0.4) is 0 Å². The van der Waals surface area contributed by atoms with E-state index in [1.165, 1.54) is 0 Å². The zero-order valence-electron chi connectivity index (χ0n) is 13.3. The van der Waals surface area contributed by atoms with Crippen LogP contribution >= 0.6 is 0 Å². The van der Waals surface area contributed by atoms with Gasteiger partial charge in [-0.05, 0) is 12.8 Å². The Labute approximate surface area is 147 Å². The molecular weight excluding hydrogens is 291 g/mol. The first-order valence-corrected chi connectivity index (χ1v) is 6.26. The number of unbranched alkanes of at least 4 members (excludes halogenated alkanes) is 3. The monoisotopic (exact) mass is 314 g/mol. The second-order valence-corrected chi connectivity index (χ2v) is 4.13. The van der Waals surface area contributed by atoms with Crippen LogP contribution in [0.15, 0.2) is 0 Å². The largest absolute Gasteiger partial charge is 1.00 e. The summed E-state index contributed by atoms with van der Waals surface area (Å²) in [5.41, 5.74) is 9.39. The standard InChI is InChI=1S/C8H14O4.C4H8N2O2.Na.H/c9-7(10)5-3-1-2-4-6-8(11)12;5-3(7)1-2-4(6)8;;/h1-6H2,(H,9,10)(H,11,12);1-2H2,(H2,5,7)(H2,6,8);;/q;;+1;-1. The molecule has 0 spiro atoms. The summed E-state index contributed by atoms with van der Waals surface area (Å²) in [5, 5.41) is 16.5. The fraction of sp³-hybridized carbons (Fsp3) is 0.667. The summed E-state index contributed by atoms with van der Waals surface area (Å²) in [4.78, 5) is 39.9. The molecule has 0 heterocycles. The van der Waals surface area contributed by atoms with Gasteiger partial charge in [-0.15, -0.1) is 0 Å². The van der Waals surface area contributed by atoms with E-state index in [0.717, 1.165) is 12.8 Å². The molecule has 0 unspecified atom stereocenters. The smallest absolute Gasteiger partial charge is 1.00 e. The molecule has 0 aliphatic heterocycles. The molecule has 0 atom stereocenters. The van der Waals surface area contributed by atoms with Crippen molar-refractivity contribution < 1.29 is 60.4 Å². The average molecular weight is 314 g/mol. The third-order valence-electron chi connectivity index (χ3n) is 2.15. The second-order valence-electron chi connectivity index (χ2n) is 4.13. The van der Waals surface area contributed by atoms with Gasteiger partial charge in [0.25, 0.3) is 0 Å². The molecule has 8 nitrogen and oxygen atoms in total. The van der Waals surface area contributed by atoms with E-state index in [4.69, 9.17) is 21.7 Å². The van der Waals surface area contributed by atoms with Crippen LogP contribution in [-0.2, 0) is 19.2 Å². The van der Waals surface area contributed by atoms with Crippen molar-refractivity contribution in [3.05, 3.63) is 0 Å². The van der Waals surface area contributed by atoms with Crippen LogP contribution < -0.4 is 41.0 Å². The predicted molar refractivity (Wildman–Crippen MR) is 71.7 cm³/mol. The molecule has 0 saturated heterocycles. The van der Waals surface area contributed by atoms with Gasteiger partial charge in [0.05, 0.1) is 0 Å². The number of carboxylic acid groups (broad SMARTS) is 2. The van der Waals surface area contributed by atoms with E-state index in [0.29, 0.717) is 12.8 Å². The van der Waals surface area contributed by atoms with Crippen LogP contribution in [0.4, 0.5) is 0 Å². The van der Waals surface area contributed by atoms with Gasteiger partial charge in [0.15, 0.2) is 0 Å². The number of carboxylic acids is 2. The van der Waals surface area contributed by atoms with Gasteiger partial charge in [-0.3, -0.25) is 19.2 Å². The molecule has 21 heavy (non-hydrogen) atoms. The first kappa shape index (κ1) is 24.9. The Balaban J connectivity index is -0.000000144. The van der Waals surface area contributed by atoms with Crippen LogP contribution in [0, 0.1) is 0 Å². The predicted octanol–water partition coefficient (Wildman–Crippen LogP) is -2.65. The Morgan fingerprint density at radius 1 is 0.667 bits per heavy atom. The number of primary amides is 2. The molecule has 0 radical (unpaired) electrons. The SMILES string of the molecule is NC(=O)CCC(N)=O.O=C(O)CCCCCCC(=O)O.[H-].[Na+]. The Bertz CT molecular complexity index is 310. The number of aliphatic carboxylic acids is 2. The number of carbonyl (C=O) groups excluding carboxylic acids is 2. The zero-order valence-corrected chi connectivity index (χ0v) is 14.3. The third kappa shape index (κ3) is 32.4. The summed E-state index contributed by atoms with van der Waals surface area (Å²) >= 11 is 0. The summed E-state index contributed by atoms with van der Waals surface area (Å²) in [6.07, 6.45) is 3.38. The summed E-state index contributed by atoms with van der Waals surface area (Å²) in [5.74, 6) is -2.56. The van der Waals surface area contributed by atoms with E-state index in [-0.39, 0.29) is 56.7 Å². The van der Waals surface area contributed by atoms with E-state index >= 15 is 0 Å². The Morgan fingerprint density at radius 3 is 1.14 bits per heavy atom. The maximum Gasteiger partial charge on any atom is 1.00 e. The van der Waals surface area contributed by atoms with Crippen molar-refractivity contribution in [3.63, 3.8) is 0 Å². The van der Waals surface area contributed by atoms with E-state index in [2.05, 4.69) is 0 Å². The molecule has 0 aliphatic carbocycles. The fourth-order valence-corrected chi connectivity index (χ4v) is 1.15. The van der Waals surface area contributed by atoms with Gasteiger partial charge < -0.3 is 23.1 Å². The maximum absolute atomic E-state index is 10.0. The van der Waals surface area contributed by atoms with E-state index in [1.807, 2.05) is 0 Å². The van der Waals surface area contributed by atoms with Crippen LogP contribution in [0.5, 0.6) is 0 Å². The van der Waals surface area contributed by atoms with Crippen molar-refractivity contribution in [1.82, 2.24) is 0 Å². The van der Waals surface area contributed by atoms with E-state index in [1.54, 1.807) is 0 Å². The second kappa shape index (κ2) is 16.9. The number of amides is 2. The van der Waals surface area contributed by atoms with Crippen LogP contribution in [-0.4, -0.2) is 34.0 Å². The topological polar surface area (TPSA) is 161 Å². The number of nitrogens with two attached hydrogens (primary N) is 2. The molecule has 2 amide bonds. The van der Waals surface area contributed by atoms with Gasteiger partial charge in [0.1, 0.15) is 0 Å². The number of hydrogen-bond donors (Lipinski definition) is 4. The number of carbonyl (C=O) groups is 4. The molecule has 6 N–H and O–H groups in total. The average Bonchev–Trinajstić information content (AvgIpc) is 2.31. The molecule has 0 rings (SSSR count). The van der Waals surface area contributed by atoms with E-state index in [9.17, 15) is 19.2 Å². The summed E-state index contributed by atoms with van der Waals surface area (Å²) in [6.45, 7) is 0. The Morgan fingerprint density at radius 2 is 0.952 bits per heavy atom. The molecule has 0 aromatic carbocycles. The van der Waals surface area contributed by atoms with Gasteiger partial charge in [-0.2, -0.15) is 0 Å². The minimum Gasteiger partial charge on any atom is -1.00 e. The van der Waals surface area contributed by atoms with Gasteiger partial charge in [-0.25, -0.2) is 0 Å².